The van der Waals surface area contributed by atoms with Crippen molar-refractivity contribution >= 4 is 22.6 Å². The van der Waals surface area contributed by atoms with Crippen LogP contribution in [0.2, 0.25) is 0 Å². The Morgan fingerprint density at radius 2 is 1.84 bits per heavy atom. The molecule has 0 aliphatic carbocycles. The van der Waals surface area contributed by atoms with E-state index in [-0.39, 0.29) is 12.1 Å². The summed E-state index contributed by atoms with van der Waals surface area (Å²) in [6.07, 6.45) is 1.83. The summed E-state index contributed by atoms with van der Waals surface area (Å²) in [4.78, 5) is 15.0. The van der Waals surface area contributed by atoms with Crippen molar-refractivity contribution in [3.8, 4) is 11.3 Å². The summed E-state index contributed by atoms with van der Waals surface area (Å²) in [5, 5.41) is 10.3. The number of carbonyl (C=O) groups is 1. The smallest absolute Gasteiger partial charge is 0.411 e. The van der Waals surface area contributed by atoms with Gasteiger partial charge in [0.05, 0.1) is 5.69 Å². The van der Waals surface area contributed by atoms with Gasteiger partial charge in [0, 0.05) is 42.5 Å². The van der Waals surface area contributed by atoms with E-state index in [0.29, 0.717) is 24.4 Å². The van der Waals surface area contributed by atoms with Gasteiger partial charge in [-0.25, -0.2) is 4.79 Å². The standard InChI is InChI=1S/C32H36N4O2/c1-21(2)22-10-12-27(13-11-22)33-32(37)38-20-28-17-25-14-15-36(28)19-29(25)31-18-30(34-35(31)3)26-9-8-23-6-4-5-7-24(23)16-26/h4-13,16,18,21,25,28-29H,14-15,17,19-20H2,1-3H3,(H,33,37)/t25-,28+,29-/m0/s1. The maximum atomic E-state index is 12.5. The number of anilines is 1. The lowest BCUT2D eigenvalue weighted by molar-refractivity contribution is -0.00222. The molecule has 2 bridgehead atoms. The van der Waals surface area contributed by atoms with Gasteiger partial charge in [-0.05, 0) is 71.8 Å². The third-order valence-electron chi connectivity index (χ3n) is 8.45. The Morgan fingerprint density at radius 3 is 2.58 bits per heavy atom. The molecule has 1 N–H and O–H groups in total. The van der Waals surface area contributed by atoms with Crippen LogP contribution in [0.5, 0.6) is 0 Å². The van der Waals surface area contributed by atoms with Crippen LogP contribution < -0.4 is 5.32 Å². The van der Waals surface area contributed by atoms with E-state index in [2.05, 4.69) is 96.5 Å². The second-order valence-electron chi connectivity index (χ2n) is 11.2. The van der Waals surface area contributed by atoms with E-state index in [1.54, 1.807) is 0 Å². The van der Waals surface area contributed by atoms with Crippen molar-refractivity contribution in [1.29, 1.82) is 0 Å². The first-order chi connectivity index (χ1) is 18.4. The number of hydrogen-bond acceptors (Lipinski definition) is 4. The predicted octanol–water partition coefficient (Wildman–Crippen LogP) is 6.79. The first kappa shape index (κ1) is 24.7. The number of aromatic nitrogens is 2. The molecule has 3 fully saturated rings. The molecule has 6 nitrogen and oxygen atoms in total. The molecule has 0 saturated carbocycles. The van der Waals surface area contributed by atoms with Gasteiger partial charge in [-0.1, -0.05) is 62.4 Å². The molecule has 4 heterocycles. The molecule has 4 atom stereocenters. The topological polar surface area (TPSA) is 59.4 Å². The number of piperidine rings is 3. The molecule has 3 saturated heterocycles. The summed E-state index contributed by atoms with van der Waals surface area (Å²) in [5.74, 6) is 1.48. The van der Waals surface area contributed by atoms with Gasteiger partial charge in [0.25, 0.3) is 0 Å². The van der Waals surface area contributed by atoms with Crippen LogP contribution in [0, 0.1) is 5.92 Å². The molecular weight excluding hydrogens is 472 g/mol. The third kappa shape index (κ3) is 4.93. The van der Waals surface area contributed by atoms with Crippen LogP contribution in [0.4, 0.5) is 10.5 Å². The number of benzene rings is 3. The molecule has 1 unspecified atom stereocenters. The van der Waals surface area contributed by atoms with Crippen molar-refractivity contribution in [2.24, 2.45) is 13.0 Å². The number of ether oxygens (including phenoxy) is 1. The van der Waals surface area contributed by atoms with Crippen LogP contribution >= 0.6 is 0 Å². The van der Waals surface area contributed by atoms with Gasteiger partial charge >= 0.3 is 6.09 Å². The van der Waals surface area contributed by atoms with Crippen LogP contribution in [-0.4, -0.2) is 46.5 Å². The number of aryl methyl sites for hydroxylation is 1. The monoisotopic (exact) mass is 508 g/mol. The second-order valence-corrected chi connectivity index (χ2v) is 11.2. The maximum Gasteiger partial charge on any atom is 0.411 e. The zero-order chi connectivity index (χ0) is 26.2. The van der Waals surface area contributed by atoms with E-state index >= 15 is 0 Å². The predicted molar refractivity (Wildman–Crippen MR) is 152 cm³/mol. The molecular formula is C32H36N4O2. The van der Waals surface area contributed by atoms with Crippen molar-refractivity contribution in [3.05, 3.63) is 84.1 Å². The number of nitrogens with zero attached hydrogens (tertiary/aromatic N) is 3. The quantitative estimate of drug-likeness (QED) is 0.312. The Kier molecular flexibility index (Phi) is 6.66. The minimum absolute atomic E-state index is 0.271. The Balaban J connectivity index is 1.08. The zero-order valence-corrected chi connectivity index (χ0v) is 22.4. The van der Waals surface area contributed by atoms with E-state index in [0.717, 1.165) is 36.5 Å². The van der Waals surface area contributed by atoms with Crippen molar-refractivity contribution in [2.75, 3.05) is 25.0 Å². The Hall–Kier alpha value is -3.64. The highest BCUT2D eigenvalue weighted by molar-refractivity contribution is 5.87. The Bertz CT molecular complexity index is 1440. The third-order valence-corrected chi connectivity index (χ3v) is 8.45. The fourth-order valence-corrected chi connectivity index (χ4v) is 6.24. The highest BCUT2D eigenvalue weighted by Crippen LogP contribution is 2.42. The second kappa shape index (κ2) is 10.3. The van der Waals surface area contributed by atoms with E-state index in [4.69, 9.17) is 9.84 Å². The van der Waals surface area contributed by atoms with Crippen LogP contribution in [0.15, 0.2) is 72.8 Å². The minimum atomic E-state index is -0.381. The van der Waals surface area contributed by atoms with Crippen molar-refractivity contribution in [3.63, 3.8) is 0 Å². The molecule has 38 heavy (non-hydrogen) atoms. The fourth-order valence-electron chi connectivity index (χ4n) is 6.24. The fraction of sp³-hybridized carbons (Fsp3) is 0.375. The number of fused-ring (bicyclic) bond motifs is 4. The average molecular weight is 509 g/mol. The molecule has 3 aliphatic rings. The highest BCUT2D eigenvalue weighted by atomic mass is 16.5. The van der Waals surface area contributed by atoms with Crippen LogP contribution in [0.1, 0.15) is 49.8 Å². The lowest BCUT2D eigenvalue weighted by Gasteiger charge is -2.49. The summed E-state index contributed by atoms with van der Waals surface area (Å²) in [6.45, 7) is 6.78. The molecule has 3 aromatic carbocycles. The number of amides is 1. The van der Waals surface area contributed by atoms with Gasteiger partial charge in [-0.2, -0.15) is 5.10 Å². The van der Waals surface area contributed by atoms with Gasteiger partial charge < -0.3 is 4.74 Å². The Labute approximate surface area is 224 Å². The molecule has 1 amide bonds. The number of rotatable bonds is 6. The van der Waals surface area contributed by atoms with Crippen molar-refractivity contribution < 1.29 is 9.53 Å². The molecule has 1 aromatic heterocycles. The van der Waals surface area contributed by atoms with Crippen LogP contribution in [-0.2, 0) is 11.8 Å². The van der Waals surface area contributed by atoms with Gasteiger partial charge in [-0.15, -0.1) is 0 Å². The number of nitrogens with one attached hydrogen (secondary N) is 1. The van der Waals surface area contributed by atoms with Gasteiger partial charge in [0.15, 0.2) is 0 Å². The molecule has 4 aromatic rings. The number of hydrogen-bond donors (Lipinski definition) is 1. The van der Waals surface area contributed by atoms with Gasteiger partial charge in [0.2, 0.25) is 0 Å². The van der Waals surface area contributed by atoms with E-state index < -0.39 is 0 Å². The summed E-state index contributed by atoms with van der Waals surface area (Å²) >= 11 is 0. The number of carbonyl (C=O) groups excluding carboxylic acids is 1. The zero-order valence-electron chi connectivity index (χ0n) is 22.4. The highest BCUT2D eigenvalue weighted by Gasteiger charge is 2.42. The first-order valence-corrected chi connectivity index (χ1v) is 13.8. The lowest BCUT2D eigenvalue weighted by Crippen LogP contribution is -2.54. The summed E-state index contributed by atoms with van der Waals surface area (Å²) in [6, 6.07) is 25.6. The summed E-state index contributed by atoms with van der Waals surface area (Å²) in [5.41, 5.74) is 5.50. The van der Waals surface area contributed by atoms with E-state index in [1.807, 2.05) is 12.1 Å². The van der Waals surface area contributed by atoms with Gasteiger partial charge in [-0.3, -0.25) is 14.9 Å². The summed E-state index contributed by atoms with van der Waals surface area (Å²) < 4.78 is 7.74. The maximum absolute atomic E-state index is 12.5. The SMILES string of the molecule is CC(C)c1ccc(NC(=O)OC[C@H]2C[C@@H]3CCN2C[C@@H]3c2cc(-c3ccc4ccccc4c3)nn2C)cc1. The minimum Gasteiger partial charge on any atom is -0.448 e. The summed E-state index contributed by atoms with van der Waals surface area (Å²) in [7, 11) is 2.07. The first-order valence-electron chi connectivity index (χ1n) is 13.8. The van der Waals surface area contributed by atoms with E-state index in [9.17, 15) is 4.79 Å². The van der Waals surface area contributed by atoms with Gasteiger partial charge in [0.1, 0.15) is 6.61 Å². The molecule has 196 valence electrons. The molecule has 7 rings (SSSR count). The largest absolute Gasteiger partial charge is 0.448 e. The van der Waals surface area contributed by atoms with Crippen LogP contribution in [0.25, 0.3) is 22.0 Å². The van der Waals surface area contributed by atoms with Crippen molar-refractivity contribution in [1.82, 2.24) is 14.7 Å². The average Bonchev–Trinajstić information content (AvgIpc) is 3.33. The normalized spacial score (nSPS) is 22.6. The molecule has 6 heteroatoms. The molecule has 0 radical (unpaired) electrons. The molecule has 0 spiro atoms. The van der Waals surface area contributed by atoms with Crippen LogP contribution in [0.3, 0.4) is 0 Å². The van der Waals surface area contributed by atoms with E-state index in [1.165, 1.54) is 28.5 Å². The Morgan fingerprint density at radius 1 is 1.05 bits per heavy atom. The lowest BCUT2D eigenvalue weighted by atomic mass is 9.74. The molecule has 3 aliphatic heterocycles. The van der Waals surface area contributed by atoms with Crippen molar-refractivity contribution in [2.45, 2.75) is 44.6 Å².